The van der Waals surface area contributed by atoms with Gasteiger partial charge in [-0.3, -0.25) is 9.97 Å². The van der Waals surface area contributed by atoms with Crippen molar-refractivity contribution in [1.29, 1.82) is 0 Å². The third kappa shape index (κ3) is 8.53. The van der Waals surface area contributed by atoms with Crippen LogP contribution >= 0.6 is 9.24 Å². The molecular weight excluding hydrogens is 746 g/mol. The summed E-state index contributed by atoms with van der Waals surface area (Å²) in [7, 11) is 2.77. The molecule has 7 rings (SSSR count). The van der Waals surface area contributed by atoms with Crippen molar-refractivity contribution in [2.24, 2.45) is 5.92 Å². The largest absolute Gasteiger partial charge is 0.338 e. The third-order valence-corrected chi connectivity index (χ3v) is 7.76. The van der Waals surface area contributed by atoms with Gasteiger partial charge in [-0.25, -0.2) is 0 Å². The number of aryl methyl sites for hydroxylation is 1. The summed E-state index contributed by atoms with van der Waals surface area (Å²) in [6.45, 7) is 10.9. The van der Waals surface area contributed by atoms with Gasteiger partial charge in [0.25, 0.3) is 0 Å². The van der Waals surface area contributed by atoms with Crippen LogP contribution in [0.3, 0.4) is 0 Å². The summed E-state index contributed by atoms with van der Waals surface area (Å²) in [4.78, 5) is 8.83. The summed E-state index contributed by atoms with van der Waals surface area (Å²) in [5.74, 6) is 0.661. The van der Waals surface area contributed by atoms with Gasteiger partial charge in [-0.05, 0) is 59.5 Å². The first-order valence-electron chi connectivity index (χ1n) is 15.2. The molecule has 1 radical (unpaired) electrons. The maximum Gasteiger partial charge on any atom is 0.0610 e. The molecule has 5 heteroatoms. The first kappa shape index (κ1) is 34.2. The summed E-state index contributed by atoms with van der Waals surface area (Å²) in [5, 5.41) is 3.73. The van der Waals surface area contributed by atoms with E-state index in [1.165, 1.54) is 33.0 Å². The Balaban J connectivity index is 0.000000170. The minimum Gasteiger partial charge on any atom is -0.338 e. The third-order valence-electron chi connectivity index (χ3n) is 7.46. The minimum atomic E-state index is 0. The number of fused-ring (bicyclic) bond motifs is 6. The van der Waals surface area contributed by atoms with E-state index in [4.69, 9.17) is 0 Å². The SMILES string of the molecule is CC(C)(P)c1ccccn1.Cc1cnc2c3[c-]cccc3c3cc(CC(C)C)ccc3n12.[Ir].c1ccc(-c2ccccc2)cc1. The Labute approximate surface area is 283 Å². The van der Waals surface area contributed by atoms with Crippen LogP contribution in [0.15, 0.2) is 128 Å². The van der Waals surface area contributed by atoms with Crippen LogP contribution in [0.25, 0.3) is 38.4 Å². The molecule has 1 atom stereocenters. The number of pyridine rings is 2. The normalized spacial score (nSPS) is 11.0. The topological polar surface area (TPSA) is 30.2 Å². The summed E-state index contributed by atoms with van der Waals surface area (Å²) in [6, 6.07) is 43.2. The fraction of sp³-hybridized carbons (Fsp3) is 0.200. The molecule has 0 bridgehead atoms. The molecule has 0 saturated heterocycles. The van der Waals surface area contributed by atoms with E-state index in [1.54, 1.807) is 0 Å². The van der Waals surface area contributed by atoms with Gasteiger partial charge in [0, 0.05) is 54.6 Å². The van der Waals surface area contributed by atoms with Crippen LogP contribution in [0.2, 0.25) is 0 Å². The van der Waals surface area contributed by atoms with Crippen molar-refractivity contribution in [3.63, 3.8) is 0 Å². The Morgan fingerprint density at radius 1 is 0.778 bits per heavy atom. The molecule has 0 aliphatic carbocycles. The smallest absolute Gasteiger partial charge is 0.0610 e. The van der Waals surface area contributed by atoms with Crippen LogP contribution in [0.5, 0.6) is 0 Å². The molecule has 0 fully saturated rings. The van der Waals surface area contributed by atoms with E-state index in [0.29, 0.717) is 5.92 Å². The second-order valence-corrected chi connectivity index (χ2v) is 13.6. The van der Waals surface area contributed by atoms with Gasteiger partial charge < -0.3 is 4.40 Å². The average Bonchev–Trinajstić information content (AvgIpc) is 3.44. The predicted octanol–water partition coefficient (Wildman–Crippen LogP) is 10.5. The van der Waals surface area contributed by atoms with Crippen LogP contribution in [-0.2, 0) is 31.7 Å². The average molecular weight is 787 g/mol. The number of aromatic nitrogens is 3. The zero-order chi connectivity index (χ0) is 31.1. The first-order valence-corrected chi connectivity index (χ1v) is 15.8. The van der Waals surface area contributed by atoms with E-state index in [1.807, 2.05) is 48.8 Å². The van der Waals surface area contributed by atoms with Gasteiger partial charge in [-0.15, -0.1) is 38.9 Å². The van der Waals surface area contributed by atoms with Crippen molar-refractivity contribution < 1.29 is 20.1 Å². The molecule has 3 heterocycles. The molecule has 0 aliphatic heterocycles. The van der Waals surface area contributed by atoms with Crippen molar-refractivity contribution in [3.8, 4) is 11.1 Å². The maximum absolute atomic E-state index is 4.60. The van der Waals surface area contributed by atoms with Gasteiger partial charge >= 0.3 is 0 Å². The van der Waals surface area contributed by atoms with Crippen molar-refractivity contribution in [3.05, 3.63) is 151 Å². The maximum atomic E-state index is 4.60. The number of hydrogen-bond acceptors (Lipinski definition) is 2. The van der Waals surface area contributed by atoms with Gasteiger partial charge in [-0.1, -0.05) is 112 Å². The summed E-state index contributed by atoms with van der Waals surface area (Å²) in [5.41, 5.74) is 8.44. The Kier molecular flexibility index (Phi) is 11.8. The Morgan fingerprint density at radius 2 is 1.42 bits per heavy atom. The number of benzene rings is 4. The summed E-state index contributed by atoms with van der Waals surface area (Å²) in [6.07, 6.45) is 4.87. The minimum absolute atomic E-state index is 0. The van der Waals surface area contributed by atoms with Crippen molar-refractivity contribution >= 4 is 36.6 Å². The van der Waals surface area contributed by atoms with Crippen molar-refractivity contribution in [1.82, 2.24) is 14.4 Å². The Bertz CT molecular complexity index is 1910. The molecule has 231 valence electrons. The molecule has 0 aliphatic rings. The van der Waals surface area contributed by atoms with E-state index in [-0.39, 0.29) is 25.3 Å². The molecule has 3 aromatic heterocycles. The second-order valence-electron chi connectivity index (χ2n) is 12.1. The number of rotatable bonds is 4. The van der Waals surface area contributed by atoms with Crippen LogP contribution in [0, 0.1) is 18.9 Å². The fourth-order valence-corrected chi connectivity index (χ4v) is 5.53. The molecule has 0 saturated carbocycles. The number of nitrogens with zero attached hydrogens (tertiary/aromatic N) is 3. The first-order chi connectivity index (χ1) is 21.2. The van der Waals surface area contributed by atoms with Crippen LogP contribution in [0.4, 0.5) is 0 Å². The van der Waals surface area contributed by atoms with Crippen molar-refractivity contribution in [2.45, 2.75) is 46.2 Å². The van der Waals surface area contributed by atoms with E-state index < -0.39 is 0 Å². The molecule has 45 heavy (non-hydrogen) atoms. The van der Waals surface area contributed by atoms with Gasteiger partial charge in [0.15, 0.2) is 0 Å². The monoisotopic (exact) mass is 787 g/mol. The van der Waals surface area contributed by atoms with Gasteiger partial charge in [-0.2, -0.15) is 0 Å². The number of imidazole rings is 1. The van der Waals surface area contributed by atoms with E-state index in [9.17, 15) is 0 Å². The summed E-state index contributed by atoms with van der Waals surface area (Å²) >= 11 is 0. The van der Waals surface area contributed by atoms with E-state index >= 15 is 0 Å². The molecule has 1 unspecified atom stereocenters. The molecule has 4 aromatic carbocycles. The summed E-state index contributed by atoms with van der Waals surface area (Å²) < 4.78 is 2.24. The fourth-order valence-electron chi connectivity index (χ4n) is 5.36. The van der Waals surface area contributed by atoms with Crippen LogP contribution in [0.1, 0.15) is 44.6 Å². The zero-order valence-electron chi connectivity index (χ0n) is 26.7. The van der Waals surface area contributed by atoms with E-state index in [2.05, 4.69) is 143 Å². The zero-order valence-corrected chi connectivity index (χ0v) is 30.2. The van der Waals surface area contributed by atoms with Gasteiger partial charge in [0.05, 0.1) is 5.65 Å². The van der Waals surface area contributed by atoms with E-state index in [0.717, 1.165) is 28.8 Å². The molecular formula is C40H41IrN3P-. The quantitative estimate of drug-likeness (QED) is 0.101. The Morgan fingerprint density at radius 3 is 1.98 bits per heavy atom. The molecule has 7 aromatic rings. The van der Waals surface area contributed by atoms with Crippen LogP contribution in [-0.4, -0.2) is 14.4 Å². The molecule has 0 N–H and O–H groups in total. The molecule has 0 spiro atoms. The number of hydrogen-bond donors (Lipinski definition) is 0. The molecule has 3 nitrogen and oxygen atoms in total. The van der Waals surface area contributed by atoms with Gasteiger partial charge in [0.2, 0.25) is 0 Å². The standard InChI is InChI=1S/C20H19N2.C12H10.C8H12NP.Ir/c1-13(2)10-15-8-9-19-18(11-15)16-6-4-5-7-17(16)20-21-12-14(3)22(19)20;1-3-7-11(8-4-1)12-9-5-2-6-10-12;1-8(2,10)7-5-3-4-6-9-7;/h4-6,8-9,11-13H,10H2,1-3H3;1-10H;3-6H,10H2,1-2H3;/q-1;;;. The molecule has 0 amide bonds. The van der Waals surface area contributed by atoms with Gasteiger partial charge in [0.1, 0.15) is 0 Å². The Hall–Kier alpha value is -3.68. The predicted molar refractivity (Wildman–Crippen MR) is 191 cm³/mol. The van der Waals surface area contributed by atoms with Crippen molar-refractivity contribution in [2.75, 3.05) is 0 Å². The second kappa shape index (κ2) is 15.5. The van der Waals surface area contributed by atoms with Crippen LogP contribution < -0.4 is 0 Å².